The number of anilines is 2. The van der Waals surface area contributed by atoms with Gasteiger partial charge in [0, 0.05) is 36.6 Å². The Bertz CT molecular complexity index is 696. The standard InChI is InChI=1S/C22H28N2/c1-23-19-13-11-15-7-3-5-9-17(15)21(19)22-18-10-6-4-8-16(18)12-14-20(22)24-2/h11-14,23-24H,3-10H2,1-2H3. The summed E-state index contributed by atoms with van der Waals surface area (Å²) < 4.78 is 0. The van der Waals surface area contributed by atoms with Gasteiger partial charge in [0.05, 0.1) is 0 Å². The molecule has 0 aliphatic heterocycles. The molecule has 2 nitrogen and oxygen atoms in total. The lowest BCUT2D eigenvalue weighted by atomic mass is 9.79. The van der Waals surface area contributed by atoms with Gasteiger partial charge in [-0.25, -0.2) is 0 Å². The minimum atomic E-state index is 1.22. The van der Waals surface area contributed by atoms with Crippen molar-refractivity contribution in [3.8, 4) is 11.1 Å². The van der Waals surface area contributed by atoms with E-state index in [-0.39, 0.29) is 0 Å². The van der Waals surface area contributed by atoms with Crippen molar-refractivity contribution in [1.82, 2.24) is 0 Å². The van der Waals surface area contributed by atoms with Crippen molar-refractivity contribution in [2.24, 2.45) is 0 Å². The van der Waals surface area contributed by atoms with Crippen LogP contribution in [0.25, 0.3) is 11.1 Å². The van der Waals surface area contributed by atoms with Crippen LogP contribution >= 0.6 is 0 Å². The van der Waals surface area contributed by atoms with Crippen LogP contribution in [-0.2, 0) is 25.7 Å². The summed E-state index contributed by atoms with van der Waals surface area (Å²) in [6.45, 7) is 0. The molecule has 0 radical (unpaired) electrons. The third-order valence-corrected chi connectivity index (χ3v) is 5.85. The zero-order valence-corrected chi connectivity index (χ0v) is 15.0. The highest BCUT2D eigenvalue weighted by Crippen LogP contribution is 2.44. The Labute approximate surface area is 145 Å². The highest BCUT2D eigenvalue weighted by Gasteiger charge is 2.24. The molecule has 0 atom stereocenters. The molecular formula is C22H28N2. The van der Waals surface area contributed by atoms with Crippen molar-refractivity contribution in [3.05, 3.63) is 46.5 Å². The van der Waals surface area contributed by atoms with Crippen molar-refractivity contribution in [1.29, 1.82) is 0 Å². The SMILES string of the molecule is CNc1ccc2c(c1-c1c(NC)ccc3c1CCCC3)CCCC2. The fraction of sp³-hybridized carbons (Fsp3) is 0.455. The summed E-state index contributed by atoms with van der Waals surface area (Å²) in [4.78, 5) is 0. The van der Waals surface area contributed by atoms with Crippen LogP contribution in [-0.4, -0.2) is 14.1 Å². The molecule has 0 heterocycles. The molecule has 2 aromatic rings. The molecule has 2 aliphatic carbocycles. The van der Waals surface area contributed by atoms with Gasteiger partial charge < -0.3 is 10.6 Å². The average molecular weight is 320 g/mol. The van der Waals surface area contributed by atoms with E-state index in [4.69, 9.17) is 0 Å². The van der Waals surface area contributed by atoms with Crippen molar-refractivity contribution >= 4 is 11.4 Å². The number of hydrogen-bond acceptors (Lipinski definition) is 2. The van der Waals surface area contributed by atoms with Crippen LogP contribution in [0.1, 0.15) is 47.9 Å². The van der Waals surface area contributed by atoms with Gasteiger partial charge in [-0.15, -0.1) is 0 Å². The Morgan fingerprint density at radius 2 is 1.00 bits per heavy atom. The summed E-state index contributed by atoms with van der Waals surface area (Å²) in [5, 5.41) is 6.95. The maximum absolute atomic E-state index is 3.47. The van der Waals surface area contributed by atoms with E-state index in [0.717, 1.165) is 0 Å². The van der Waals surface area contributed by atoms with E-state index in [2.05, 4.69) is 49.0 Å². The lowest BCUT2D eigenvalue weighted by Gasteiger charge is -2.28. The molecule has 0 unspecified atom stereocenters. The quantitative estimate of drug-likeness (QED) is 0.813. The van der Waals surface area contributed by atoms with Gasteiger partial charge >= 0.3 is 0 Å². The van der Waals surface area contributed by atoms with Gasteiger partial charge in [0.1, 0.15) is 0 Å². The molecule has 0 amide bonds. The fourth-order valence-electron chi connectivity index (χ4n) is 4.64. The van der Waals surface area contributed by atoms with Crippen LogP contribution in [0, 0.1) is 0 Å². The predicted octanol–water partition coefficient (Wildman–Crippen LogP) is 5.19. The van der Waals surface area contributed by atoms with E-state index >= 15 is 0 Å². The predicted molar refractivity (Wildman–Crippen MR) is 104 cm³/mol. The first-order valence-corrected chi connectivity index (χ1v) is 9.49. The molecule has 0 bridgehead atoms. The summed E-state index contributed by atoms with van der Waals surface area (Å²) in [5.74, 6) is 0. The summed E-state index contributed by atoms with van der Waals surface area (Å²) in [6, 6.07) is 9.28. The lowest BCUT2D eigenvalue weighted by Crippen LogP contribution is -2.11. The van der Waals surface area contributed by atoms with Gasteiger partial charge in [-0.2, -0.15) is 0 Å². The second-order valence-electron chi connectivity index (χ2n) is 7.17. The Balaban J connectivity index is 2.02. The molecule has 0 saturated carbocycles. The average Bonchev–Trinajstić information content (AvgIpc) is 2.66. The monoisotopic (exact) mass is 320 g/mol. The minimum absolute atomic E-state index is 1.22. The molecule has 2 aliphatic rings. The molecular weight excluding hydrogens is 292 g/mol. The Morgan fingerprint density at radius 3 is 1.42 bits per heavy atom. The molecule has 2 aromatic carbocycles. The first-order chi connectivity index (χ1) is 11.8. The molecule has 0 saturated heterocycles. The van der Waals surface area contributed by atoms with E-state index in [0.29, 0.717) is 0 Å². The highest BCUT2D eigenvalue weighted by atomic mass is 14.8. The maximum atomic E-state index is 3.47. The van der Waals surface area contributed by atoms with Crippen LogP contribution in [0.15, 0.2) is 24.3 Å². The van der Waals surface area contributed by atoms with E-state index in [1.165, 1.54) is 73.9 Å². The highest BCUT2D eigenvalue weighted by molar-refractivity contribution is 5.92. The van der Waals surface area contributed by atoms with E-state index < -0.39 is 0 Å². The van der Waals surface area contributed by atoms with Crippen LogP contribution in [0.5, 0.6) is 0 Å². The number of benzene rings is 2. The van der Waals surface area contributed by atoms with Gasteiger partial charge in [0.25, 0.3) is 0 Å². The summed E-state index contributed by atoms with van der Waals surface area (Å²) in [7, 11) is 4.12. The number of hydrogen-bond donors (Lipinski definition) is 2. The summed E-state index contributed by atoms with van der Waals surface area (Å²) in [5.41, 5.74) is 11.8. The van der Waals surface area contributed by atoms with E-state index in [9.17, 15) is 0 Å². The Hall–Kier alpha value is -1.96. The van der Waals surface area contributed by atoms with Crippen LogP contribution < -0.4 is 10.6 Å². The third kappa shape index (κ3) is 2.49. The van der Waals surface area contributed by atoms with Gasteiger partial charge in [-0.05, 0) is 85.8 Å². The number of nitrogens with one attached hydrogen (secondary N) is 2. The normalized spacial score (nSPS) is 16.2. The summed E-state index contributed by atoms with van der Waals surface area (Å²) in [6.07, 6.45) is 10.2. The first kappa shape index (κ1) is 15.6. The molecule has 24 heavy (non-hydrogen) atoms. The van der Waals surface area contributed by atoms with Crippen LogP contribution in [0.2, 0.25) is 0 Å². The maximum Gasteiger partial charge on any atom is 0.0421 e. The third-order valence-electron chi connectivity index (χ3n) is 5.85. The molecule has 0 fully saturated rings. The Morgan fingerprint density at radius 1 is 0.583 bits per heavy atom. The number of rotatable bonds is 3. The number of fused-ring (bicyclic) bond motifs is 2. The number of aryl methyl sites for hydroxylation is 2. The van der Waals surface area contributed by atoms with E-state index in [1.807, 2.05) is 0 Å². The minimum Gasteiger partial charge on any atom is -0.388 e. The van der Waals surface area contributed by atoms with Gasteiger partial charge in [0.15, 0.2) is 0 Å². The smallest absolute Gasteiger partial charge is 0.0421 e. The zero-order valence-electron chi connectivity index (χ0n) is 15.0. The molecule has 2 heteroatoms. The van der Waals surface area contributed by atoms with Crippen LogP contribution in [0.3, 0.4) is 0 Å². The molecule has 0 aromatic heterocycles. The van der Waals surface area contributed by atoms with Gasteiger partial charge in [0.2, 0.25) is 0 Å². The van der Waals surface area contributed by atoms with Crippen molar-refractivity contribution in [3.63, 3.8) is 0 Å². The molecule has 4 rings (SSSR count). The van der Waals surface area contributed by atoms with Crippen LogP contribution in [0.4, 0.5) is 11.4 Å². The molecule has 126 valence electrons. The summed E-state index contributed by atoms with van der Waals surface area (Å²) >= 11 is 0. The van der Waals surface area contributed by atoms with Crippen molar-refractivity contribution < 1.29 is 0 Å². The molecule has 0 spiro atoms. The fourth-order valence-corrected chi connectivity index (χ4v) is 4.64. The van der Waals surface area contributed by atoms with Gasteiger partial charge in [-0.3, -0.25) is 0 Å². The van der Waals surface area contributed by atoms with Crippen molar-refractivity contribution in [2.75, 3.05) is 24.7 Å². The van der Waals surface area contributed by atoms with Gasteiger partial charge in [-0.1, -0.05) is 12.1 Å². The Kier molecular flexibility index (Phi) is 4.22. The largest absolute Gasteiger partial charge is 0.388 e. The topological polar surface area (TPSA) is 24.1 Å². The van der Waals surface area contributed by atoms with E-state index in [1.54, 1.807) is 22.3 Å². The molecule has 2 N–H and O–H groups in total. The van der Waals surface area contributed by atoms with Crippen molar-refractivity contribution in [2.45, 2.75) is 51.4 Å². The zero-order chi connectivity index (χ0) is 16.5. The second-order valence-corrected chi connectivity index (χ2v) is 7.17. The second kappa shape index (κ2) is 6.51. The lowest BCUT2D eigenvalue weighted by molar-refractivity contribution is 0.682. The first-order valence-electron chi connectivity index (χ1n) is 9.49.